The quantitative estimate of drug-likeness (QED) is 0.738. The van der Waals surface area contributed by atoms with Crippen molar-refractivity contribution in [3.63, 3.8) is 0 Å². The second-order valence-electron chi connectivity index (χ2n) is 5.81. The van der Waals surface area contributed by atoms with Gasteiger partial charge in [0.25, 0.3) is 0 Å². The van der Waals surface area contributed by atoms with Gasteiger partial charge in [-0.25, -0.2) is 9.50 Å². The monoisotopic (exact) mass is 291 g/mol. The minimum absolute atomic E-state index is 0.00452. The van der Waals surface area contributed by atoms with E-state index in [1.165, 1.54) is 0 Å². The lowest BCUT2D eigenvalue weighted by Gasteiger charge is -2.16. The number of pyridine rings is 1. The smallest absolute Gasteiger partial charge is 0.159 e. The predicted molar refractivity (Wildman–Crippen MR) is 85.5 cm³/mol. The summed E-state index contributed by atoms with van der Waals surface area (Å²) in [5.41, 5.74) is 2.14. The highest BCUT2D eigenvalue weighted by Gasteiger charge is 2.24. The van der Waals surface area contributed by atoms with Crippen LogP contribution in [0.2, 0.25) is 0 Å². The molecule has 3 aromatic rings. The minimum Gasteiger partial charge on any atom is -0.395 e. The highest BCUT2D eigenvalue weighted by atomic mass is 16.3. The van der Waals surface area contributed by atoms with Crippen LogP contribution in [0.5, 0.6) is 0 Å². The zero-order chi connectivity index (χ0) is 15.6. The summed E-state index contributed by atoms with van der Waals surface area (Å²) < 4.78 is 1.71. The number of aromatic nitrogens is 3. The summed E-state index contributed by atoms with van der Waals surface area (Å²) in [5.74, 6) is 6.88. The van der Waals surface area contributed by atoms with Gasteiger partial charge in [0.2, 0.25) is 0 Å². The number of aliphatic hydroxyl groups is 1. The van der Waals surface area contributed by atoms with Crippen molar-refractivity contribution in [3.05, 3.63) is 65.6 Å². The van der Waals surface area contributed by atoms with Crippen molar-refractivity contribution >= 4 is 5.65 Å². The molecule has 1 N–H and O–H groups in total. The highest BCUT2D eigenvalue weighted by molar-refractivity contribution is 5.46. The number of fused-ring (bicyclic) bond motifs is 1. The fourth-order valence-corrected chi connectivity index (χ4v) is 1.98. The third kappa shape index (κ3) is 2.85. The molecule has 3 rings (SSSR count). The summed E-state index contributed by atoms with van der Waals surface area (Å²) in [6.07, 6.45) is 1.86. The van der Waals surface area contributed by atoms with E-state index in [0.29, 0.717) is 5.82 Å². The minimum atomic E-state index is -0.456. The van der Waals surface area contributed by atoms with Crippen molar-refractivity contribution in [3.8, 4) is 11.8 Å². The molecule has 0 spiro atoms. The van der Waals surface area contributed by atoms with Crippen LogP contribution in [-0.4, -0.2) is 26.3 Å². The second kappa shape index (κ2) is 5.63. The standard InChI is InChI=1S/C18H17N3O/c1-18(2,13-22)17-19-16-11-10-15(12-21(16)20-17)9-8-14-6-4-3-5-7-14/h3-7,10-12,22H,13H2,1-2H3. The Hall–Kier alpha value is -2.64. The molecule has 0 amide bonds. The van der Waals surface area contributed by atoms with Crippen LogP contribution in [0.1, 0.15) is 30.8 Å². The largest absolute Gasteiger partial charge is 0.395 e. The molecule has 0 saturated heterocycles. The SMILES string of the molecule is CC(C)(CO)c1nc2ccc(C#Cc3ccccc3)cn2n1. The van der Waals surface area contributed by atoms with Gasteiger partial charge in [-0.2, -0.15) is 5.10 Å². The lowest BCUT2D eigenvalue weighted by atomic mass is 9.94. The van der Waals surface area contributed by atoms with E-state index in [2.05, 4.69) is 21.9 Å². The second-order valence-corrected chi connectivity index (χ2v) is 5.81. The summed E-state index contributed by atoms with van der Waals surface area (Å²) >= 11 is 0. The first-order chi connectivity index (χ1) is 10.6. The molecule has 0 atom stereocenters. The molecule has 4 heteroatoms. The molecule has 0 aliphatic carbocycles. The van der Waals surface area contributed by atoms with Crippen molar-refractivity contribution in [2.24, 2.45) is 0 Å². The summed E-state index contributed by atoms with van der Waals surface area (Å²) in [6.45, 7) is 3.83. The van der Waals surface area contributed by atoms with Gasteiger partial charge in [-0.1, -0.05) is 43.9 Å². The van der Waals surface area contributed by atoms with Crippen LogP contribution in [0.4, 0.5) is 0 Å². The fraction of sp³-hybridized carbons (Fsp3) is 0.222. The molecule has 2 heterocycles. The Morgan fingerprint density at radius 2 is 1.77 bits per heavy atom. The summed E-state index contributed by atoms with van der Waals surface area (Å²) in [7, 11) is 0. The van der Waals surface area contributed by atoms with Gasteiger partial charge in [0.05, 0.1) is 6.61 Å². The van der Waals surface area contributed by atoms with Crippen molar-refractivity contribution < 1.29 is 5.11 Å². The normalized spacial score (nSPS) is 11.2. The average molecular weight is 291 g/mol. The number of hydrogen-bond donors (Lipinski definition) is 1. The van der Waals surface area contributed by atoms with Crippen LogP contribution < -0.4 is 0 Å². The Bertz CT molecular complexity index is 854. The molecule has 2 aromatic heterocycles. The third-order valence-electron chi connectivity index (χ3n) is 3.46. The first-order valence-corrected chi connectivity index (χ1v) is 7.13. The Balaban J connectivity index is 1.95. The molecule has 0 fully saturated rings. The topological polar surface area (TPSA) is 50.4 Å². The van der Waals surface area contributed by atoms with Gasteiger partial charge >= 0.3 is 0 Å². The molecule has 0 saturated carbocycles. The van der Waals surface area contributed by atoms with Gasteiger partial charge < -0.3 is 5.11 Å². The lowest BCUT2D eigenvalue weighted by Crippen LogP contribution is -2.23. The molecule has 22 heavy (non-hydrogen) atoms. The predicted octanol–water partition coefficient (Wildman–Crippen LogP) is 2.40. The summed E-state index contributed by atoms with van der Waals surface area (Å²) in [6, 6.07) is 13.7. The van der Waals surface area contributed by atoms with E-state index < -0.39 is 5.41 Å². The summed E-state index contributed by atoms with van der Waals surface area (Å²) in [4.78, 5) is 4.46. The van der Waals surface area contributed by atoms with Gasteiger partial charge in [-0.05, 0) is 24.3 Å². The Labute approximate surface area is 129 Å². The Morgan fingerprint density at radius 1 is 1.05 bits per heavy atom. The fourth-order valence-electron chi connectivity index (χ4n) is 1.98. The summed E-state index contributed by atoms with van der Waals surface area (Å²) in [5, 5.41) is 13.9. The van der Waals surface area contributed by atoms with E-state index >= 15 is 0 Å². The van der Waals surface area contributed by atoms with E-state index in [1.54, 1.807) is 4.52 Å². The highest BCUT2D eigenvalue weighted by Crippen LogP contribution is 2.19. The van der Waals surface area contributed by atoms with Crippen molar-refractivity contribution in [1.82, 2.24) is 14.6 Å². The first kappa shape index (κ1) is 14.3. The molecule has 0 aliphatic rings. The number of benzene rings is 1. The Kier molecular flexibility index (Phi) is 3.66. The van der Waals surface area contributed by atoms with Crippen molar-refractivity contribution in [2.45, 2.75) is 19.3 Å². The molecular formula is C18H17N3O. The van der Waals surface area contributed by atoms with Crippen LogP contribution in [0.3, 0.4) is 0 Å². The molecule has 1 aromatic carbocycles. The van der Waals surface area contributed by atoms with E-state index in [9.17, 15) is 5.11 Å². The maximum atomic E-state index is 9.43. The van der Waals surface area contributed by atoms with Gasteiger partial charge in [0.1, 0.15) is 0 Å². The number of hydrogen-bond acceptors (Lipinski definition) is 3. The molecule has 0 unspecified atom stereocenters. The van der Waals surface area contributed by atoms with Crippen LogP contribution in [0, 0.1) is 11.8 Å². The zero-order valence-electron chi connectivity index (χ0n) is 12.6. The molecular weight excluding hydrogens is 274 g/mol. The van der Waals surface area contributed by atoms with Crippen LogP contribution in [0.25, 0.3) is 5.65 Å². The molecule has 0 bridgehead atoms. The van der Waals surface area contributed by atoms with Gasteiger partial charge in [0.15, 0.2) is 11.5 Å². The number of aliphatic hydroxyl groups excluding tert-OH is 1. The van der Waals surface area contributed by atoms with Crippen molar-refractivity contribution in [1.29, 1.82) is 0 Å². The molecule has 0 aliphatic heterocycles. The van der Waals surface area contributed by atoms with Gasteiger partial charge in [-0.15, -0.1) is 0 Å². The van der Waals surface area contributed by atoms with Gasteiger partial charge in [0, 0.05) is 22.7 Å². The molecule has 110 valence electrons. The van der Waals surface area contributed by atoms with E-state index in [0.717, 1.165) is 16.8 Å². The van der Waals surface area contributed by atoms with Crippen molar-refractivity contribution in [2.75, 3.05) is 6.61 Å². The maximum Gasteiger partial charge on any atom is 0.159 e. The van der Waals surface area contributed by atoms with E-state index in [4.69, 9.17) is 0 Å². The number of nitrogens with zero attached hydrogens (tertiary/aromatic N) is 3. The Morgan fingerprint density at radius 3 is 2.50 bits per heavy atom. The molecule has 4 nitrogen and oxygen atoms in total. The first-order valence-electron chi connectivity index (χ1n) is 7.13. The van der Waals surface area contributed by atoms with E-state index in [1.807, 2.05) is 62.5 Å². The maximum absolute atomic E-state index is 9.43. The van der Waals surface area contributed by atoms with Crippen LogP contribution in [-0.2, 0) is 5.41 Å². The van der Waals surface area contributed by atoms with E-state index in [-0.39, 0.29) is 6.61 Å². The van der Waals surface area contributed by atoms with Crippen LogP contribution >= 0.6 is 0 Å². The van der Waals surface area contributed by atoms with Gasteiger partial charge in [-0.3, -0.25) is 0 Å². The third-order valence-corrected chi connectivity index (χ3v) is 3.46. The molecule has 0 radical (unpaired) electrons. The number of rotatable bonds is 2. The van der Waals surface area contributed by atoms with Crippen LogP contribution in [0.15, 0.2) is 48.7 Å². The average Bonchev–Trinajstić information content (AvgIpc) is 2.98. The zero-order valence-corrected chi connectivity index (χ0v) is 12.6. The lowest BCUT2D eigenvalue weighted by molar-refractivity contribution is 0.212.